The number of benzene rings is 2. The molecule has 10 heteroatoms. The number of amidine groups is 1. The van der Waals surface area contributed by atoms with Gasteiger partial charge in [0.05, 0.1) is 25.3 Å². The highest BCUT2D eigenvalue weighted by atomic mass is 19.1. The lowest BCUT2D eigenvalue weighted by Gasteiger charge is -2.47. The van der Waals surface area contributed by atoms with Crippen molar-refractivity contribution in [3.63, 3.8) is 0 Å². The minimum atomic E-state index is -1.67. The van der Waals surface area contributed by atoms with Crippen LogP contribution in [0.25, 0.3) is 0 Å². The maximum Gasteiger partial charge on any atom is 0.336 e. The molecule has 0 spiro atoms. The first-order valence-corrected chi connectivity index (χ1v) is 11.5. The number of amides is 2. The molecule has 2 aromatic carbocycles. The minimum absolute atomic E-state index is 0.0832. The molecule has 2 heterocycles. The predicted octanol–water partition coefficient (Wildman–Crippen LogP) is 2.53. The predicted molar refractivity (Wildman–Crippen MR) is 128 cm³/mol. The first-order chi connectivity index (χ1) is 17.0. The van der Waals surface area contributed by atoms with Gasteiger partial charge >= 0.3 is 5.97 Å². The van der Waals surface area contributed by atoms with E-state index in [-0.39, 0.29) is 30.8 Å². The smallest absolute Gasteiger partial charge is 0.336 e. The van der Waals surface area contributed by atoms with Crippen molar-refractivity contribution < 1.29 is 33.4 Å². The lowest BCUT2D eigenvalue weighted by Crippen LogP contribution is -2.68. The molecule has 0 aromatic heterocycles. The van der Waals surface area contributed by atoms with Crippen molar-refractivity contribution in [1.29, 1.82) is 0 Å². The second-order valence-electron chi connectivity index (χ2n) is 9.40. The van der Waals surface area contributed by atoms with Gasteiger partial charge < -0.3 is 19.9 Å². The number of carbonyl (C=O) groups excluding carboxylic acids is 2. The third-order valence-electron chi connectivity index (χ3n) is 6.37. The molecule has 0 aliphatic carbocycles. The fraction of sp³-hybridized carbons (Fsp3) is 0.385. The van der Waals surface area contributed by atoms with E-state index in [0.717, 1.165) is 17.7 Å². The van der Waals surface area contributed by atoms with Crippen LogP contribution in [0.5, 0.6) is 0 Å². The van der Waals surface area contributed by atoms with Crippen molar-refractivity contribution in [3.05, 3.63) is 71.0 Å². The van der Waals surface area contributed by atoms with E-state index in [1.807, 2.05) is 30.3 Å². The number of aliphatic imine (C=N–C) groups is 1. The summed E-state index contributed by atoms with van der Waals surface area (Å²) in [7, 11) is 0. The number of carbonyl (C=O) groups is 3. The van der Waals surface area contributed by atoms with Crippen LogP contribution in [0.15, 0.2) is 53.5 Å². The first-order valence-electron chi connectivity index (χ1n) is 11.5. The Kier molecular flexibility index (Phi) is 6.92. The number of nitrogens with one attached hydrogen (secondary N) is 1. The van der Waals surface area contributed by atoms with E-state index in [4.69, 9.17) is 14.5 Å². The standard InChI is InChI=1S/C26H28FN3O6/c1-25(2)23-29-26(3,24(34)28-14-17-9-10-18(27)13-19(17)22(32)33)20(21(31)30(23)11-12-36-25)35-15-16-7-5-4-6-8-16/h4-10,13,20H,11-12,14-15H2,1-3H3,(H,28,34)(H,32,33). The normalized spacial score (nSPS) is 23.0. The molecular weight excluding hydrogens is 469 g/mol. The molecular formula is C26H28FN3O6. The van der Waals surface area contributed by atoms with E-state index in [0.29, 0.717) is 12.4 Å². The first kappa shape index (κ1) is 25.5. The molecule has 2 aliphatic heterocycles. The van der Waals surface area contributed by atoms with Gasteiger partial charge in [-0.05, 0) is 44.0 Å². The summed E-state index contributed by atoms with van der Waals surface area (Å²) < 4.78 is 25.4. The number of hydrogen-bond donors (Lipinski definition) is 2. The zero-order chi connectivity index (χ0) is 26.1. The zero-order valence-electron chi connectivity index (χ0n) is 20.3. The Bertz CT molecular complexity index is 1220. The van der Waals surface area contributed by atoms with Gasteiger partial charge in [-0.1, -0.05) is 36.4 Å². The highest BCUT2D eigenvalue weighted by molar-refractivity contribution is 6.11. The van der Waals surface area contributed by atoms with Crippen LogP contribution >= 0.6 is 0 Å². The van der Waals surface area contributed by atoms with Gasteiger partial charge in [0.1, 0.15) is 17.3 Å². The zero-order valence-corrected chi connectivity index (χ0v) is 20.3. The Morgan fingerprint density at radius 2 is 1.94 bits per heavy atom. The number of ether oxygens (including phenoxy) is 2. The van der Waals surface area contributed by atoms with Gasteiger partial charge in [0, 0.05) is 6.54 Å². The summed E-state index contributed by atoms with van der Waals surface area (Å²) in [5.74, 6) is -2.74. The summed E-state index contributed by atoms with van der Waals surface area (Å²) in [6.07, 6.45) is -1.23. The van der Waals surface area contributed by atoms with E-state index >= 15 is 0 Å². The monoisotopic (exact) mass is 497 g/mol. The Balaban J connectivity index is 1.65. The van der Waals surface area contributed by atoms with Gasteiger partial charge in [-0.2, -0.15) is 0 Å². The van der Waals surface area contributed by atoms with Crippen molar-refractivity contribution in [1.82, 2.24) is 10.2 Å². The van der Waals surface area contributed by atoms with Crippen molar-refractivity contribution in [3.8, 4) is 0 Å². The van der Waals surface area contributed by atoms with Gasteiger partial charge in [0.15, 0.2) is 11.6 Å². The van der Waals surface area contributed by atoms with Gasteiger partial charge in [-0.3, -0.25) is 14.5 Å². The summed E-state index contributed by atoms with van der Waals surface area (Å²) in [4.78, 5) is 44.9. The largest absolute Gasteiger partial charge is 0.478 e. The van der Waals surface area contributed by atoms with E-state index in [2.05, 4.69) is 5.32 Å². The summed E-state index contributed by atoms with van der Waals surface area (Å²) in [5.41, 5.74) is -1.81. The van der Waals surface area contributed by atoms with E-state index < -0.39 is 40.8 Å². The van der Waals surface area contributed by atoms with Gasteiger partial charge in [-0.25, -0.2) is 14.2 Å². The van der Waals surface area contributed by atoms with Crippen molar-refractivity contribution in [2.45, 2.75) is 51.2 Å². The van der Waals surface area contributed by atoms with Crippen molar-refractivity contribution >= 4 is 23.6 Å². The van der Waals surface area contributed by atoms with Crippen LogP contribution in [0.2, 0.25) is 0 Å². The Morgan fingerprint density at radius 3 is 2.64 bits per heavy atom. The molecule has 1 fully saturated rings. The number of aromatic carboxylic acids is 1. The minimum Gasteiger partial charge on any atom is -0.478 e. The van der Waals surface area contributed by atoms with E-state index in [9.17, 15) is 23.9 Å². The third-order valence-corrected chi connectivity index (χ3v) is 6.37. The number of fused-ring (bicyclic) bond motifs is 1. The van der Waals surface area contributed by atoms with Gasteiger partial charge in [0.2, 0.25) is 0 Å². The van der Waals surface area contributed by atoms with Crippen LogP contribution in [-0.2, 0) is 32.2 Å². The fourth-order valence-electron chi connectivity index (χ4n) is 4.37. The van der Waals surface area contributed by atoms with E-state index in [1.165, 1.54) is 17.9 Å². The maximum atomic E-state index is 13.6. The van der Waals surface area contributed by atoms with Crippen LogP contribution in [0.1, 0.15) is 42.3 Å². The summed E-state index contributed by atoms with van der Waals surface area (Å²) in [6, 6.07) is 12.5. The van der Waals surface area contributed by atoms with Crippen LogP contribution in [0, 0.1) is 5.82 Å². The molecule has 0 saturated carbocycles. The number of carboxylic acids is 1. The topological polar surface area (TPSA) is 118 Å². The van der Waals surface area contributed by atoms with Crippen LogP contribution in [0.3, 0.4) is 0 Å². The molecule has 2 aliphatic rings. The van der Waals surface area contributed by atoms with Crippen molar-refractivity contribution in [2.24, 2.45) is 4.99 Å². The molecule has 2 N–H and O–H groups in total. The quantitative estimate of drug-likeness (QED) is 0.607. The second-order valence-corrected chi connectivity index (χ2v) is 9.40. The Labute approximate surface area is 207 Å². The second kappa shape index (κ2) is 9.79. The van der Waals surface area contributed by atoms with Crippen molar-refractivity contribution in [2.75, 3.05) is 13.2 Å². The Morgan fingerprint density at radius 1 is 1.22 bits per heavy atom. The van der Waals surface area contributed by atoms with Gasteiger partial charge in [-0.15, -0.1) is 0 Å². The average molecular weight is 498 g/mol. The van der Waals surface area contributed by atoms with E-state index in [1.54, 1.807) is 13.8 Å². The Hall–Kier alpha value is -3.63. The number of nitrogens with zero attached hydrogens (tertiary/aromatic N) is 2. The molecule has 4 rings (SSSR count). The highest BCUT2D eigenvalue weighted by Gasteiger charge is 2.55. The molecule has 2 amide bonds. The number of rotatable bonds is 7. The molecule has 2 aromatic rings. The fourth-order valence-corrected chi connectivity index (χ4v) is 4.37. The molecule has 190 valence electrons. The highest BCUT2D eigenvalue weighted by Crippen LogP contribution is 2.33. The molecule has 2 atom stereocenters. The number of halogens is 1. The molecule has 2 unspecified atom stereocenters. The molecule has 1 saturated heterocycles. The molecule has 0 bridgehead atoms. The average Bonchev–Trinajstić information content (AvgIpc) is 2.84. The third kappa shape index (κ3) is 4.87. The summed E-state index contributed by atoms with van der Waals surface area (Å²) in [6.45, 7) is 5.52. The lowest BCUT2D eigenvalue weighted by atomic mass is 9.88. The number of hydrogen-bond acceptors (Lipinski definition) is 6. The summed E-state index contributed by atoms with van der Waals surface area (Å²) in [5, 5.41) is 12.1. The maximum absolute atomic E-state index is 13.6. The molecule has 36 heavy (non-hydrogen) atoms. The molecule has 9 nitrogen and oxygen atoms in total. The van der Waals surface area contributed by atoms with Crippen LogP contribution < -0.4 is 5.32 Å². The SMILES string of the molecule is CC1(C)OCCN2C(=O)C(OCc3ccccc3)C(C)(C(=O)NCc3ccc(F)cc3C(=O)O)N=C21. The molecule has 0 radical (unpaired) electrons. The van der Waals surface area contributed by atoms with Crippen LogP contribution in [0.4, 0.5) is 4.39 Å². The number of carboxylic acid groups (broad SMARTS) is 1. The van der Waals surface area contributed by atoms with Crippen LogP contribution in [-0.4, -0.2) is 64.0 Å². The summed E-state index contributed by atoms with van der Waals surface area (Å²) >= 11 is 0. The number of morpholine rings is 1. The van der Waals surface area contributed by atoms with Gasteiger partial charge in [0.25, 0.3) is 11.8 Å². The lowest BCUT2D eigenvalue weighted by molar-refractivity contribution is -0.157.